The van der Waals surface area contributed by atoms with Gasteiger partial charge in [0.05, 0.1) is 12.2 Å². The Kier molecular flexibility index (Phi) is 1.23. The third kappa shape index (κ3) is 1.09. The first-order valence-electron chi connectivity index (χ1n) is 4.17. The number of Topliss-reactive ketones (excluding diaryl/α,β-unsaturated/α-hetero) is 1. The van der Waals surface area contributed by atoms with Gasteiger partial charge in [-0.15, -0.1) is 0 Å². The fraction of sp³-hybridized carbons (Fsp3) is 0.889. The molecule has 1 aliphatic heterocycles. The molecule has 1 aliphatic carbocycles. The highest BCUT2D eigenvalue weighted by molar-refractivity contribution is 5.86. The summed E-state index contributed by atoms with van der Waals surface area (Å²) in [4.78, 5) is 10.8. The highest BCUT2D eigenvalue weighted by Crippen LogP contribution is 2.50. The maximum atomic E-state index is 10.8. The van der Waals surface area contributed by atoms with Crippen LogP contribution in [-0.4, -0.2) is 18.0 Å². The summed E-state index contributed by atoms with van der Waals surface area (Å²) >= 11 is 0. The lowest BCUT2D eigenvalue weighted by Crippen LogP contribution is -2.38. The van der Waals surface area contributed by atoms with Crippen LogP contribution in [0.4, 0.5) is 0 Å². The van der Waals surface area contributed by atoms with E-state index < -0.39 is 0 Å². The zero-order chi connectivity index (χ0) is 8.11. The van der Waals surface area contributed by atoms with Gasteiger partial charge in [0.1, 0.15) is 5.78 Å². The van der Waals surface area contributed by atoms with E-state index in [9.17, 15) is 4.79 Å². The Labute approximate surface area is 66.9 Å². The topological polar surface area (TPSA) is 26.3 Å². The summed E-state index contributed by atoms with van der Waals surface area (Å²) < 4.78 is 5.59. The van der Waals surface area contributed by atoms with Crippen molar-refractivity contribution in [2.75, 3.05) is 6.61 Å². The van der Waals surface area contributed by atoms with Crippen LogP contribution in [0, 0.1) is 5.41 Å². The quantitative estimate of drug-likeness (QED) is 0.529. The van der Waals surface area contributed by atoms with Gasteiger partial charge < -0.3 is 4.74 Å². The molecule has 62 valence electrons. The molecule has 0 N–H and O–H groups in total. The average molecular weight is 154 g/mol. The van der Waals surface area contributed by atoms with Crippen LogP contribution in [0.5, 0.6) is 0 Å². The second kappa shape index (κ2) is 1.86. The fourth-order valence-electron chi connectivity index (χ4n) is 2.37. The predicted molar refractivity (Wildman–Crippen MR) is 41.3 cm³/mol. The molecule has 0 radical (unpaired) electrons. The lowest BCUT2D eigenvalue weighted by molar-refractivity contribution is -0.132. The summed E-state index contributed by atoms with van der Waals surface area (Å²) in [7, 11) is 0. The van der Waals surface area contributed by atoms with Gasteiger partial charge in [-0.25, -0.2) is 0 Å². The van der Waals surface area contributed by atoms with Crippen LogP contribution in [0.3, 0.4) is 0 Å². The molecule has 1 saturated carbocycles. The minimum absolute atomic E-state index is 0.0146. The van der Waals surface area contributed by atoms with E-state index in [0.717, 1.165) is 25.9 Å². The van der Waals surface area contributed by atoms with Crippen molar-refractivity contribution in [1.29, 1.82) is 0 Å². The standard InChI is InChI=1S/C9H14O2/c1-8(2)5-9(6-11-8)3-7(10)4-9/h3-6H2,1-2H3. The van der Waals surface area contributed by atoms with E-state index in [1.54, 1.807) is 0 Å². The molecule has 1 spiro atoms. The first-order valence-corrected chi connectivity index (χ1v) is 4.17. The van der Waals surface area contributed by atoms with Crippen LogP contribution in [0.1, 0.15) is 33.1 Å². The van der Waals surface area contributed by atoms with Crippen molar-refractivity contribution in [1.82, 2.24) is 0 Å². The summed E-state index contributed by atoms with van der Waals surface area (Å²) in [5.74, 6) is 0.409. The summed E-state index contributed by atoms with van der Waals surface area (Å²) in [5.41, 5.74) is 0.265. The highest BCUT2D eigenvalue weighted by atomic mass is 16.5. The van der Waals surface area contributed by atoms with Gasteiger partial charge in [-0.05, 0) is 20.3 Å². The first kappa shape index (κ1) is 7.29. The number of ketones is 1. The lowest BCUT2D eigenvalue weighted by Gasteiger charge is -2.35. The molecular formula is C9H14O2. The van der Waals surface area contributed by atoms with Gasteiger partial charge in [0.15, 0.2) is 0 Å². The van der Waals surface area contributed by atoms with Crippen molar-refractivity contribution in [2.24, 2.45) is 5.41 Å². The van der Waals surface area contributed by atoms with Gasteiger partial charge in [-0.2, -0.15) is 0 Å². The Bertz CT molecular complexity index is 198. The second-order valence-corrected chi connectivity index (χ2v) is 4.62. The van der Waals surface area contributed by atoms with E-state index in [4.69, 9.17) is 4.74 Å². The van der Waals surface area contributed by atoms with Crippen molar-refractivity contribution >= 4 is 5.78 Å². The maximum Gasteiger partial charge on any atom is 0.134 e. The molecule has 2 nitrogen and oxygen atoms in total. The fourth-order valence-corrected chi connectivity index (χ4v) is 2.37. The third-order valence-electron chi connectivity index (χ3n) is 2.71. The van der Waals surface area contributed by atoms with Gasteiger partial charge in [-0.1, -0.05) is 0 Å². The Morgan fingerprint density at radius 1 is 1.36 bits per heavy atom. The van der Waals surface area contributed by atoms with Crippen LogP contribution >= 0.6 is 0 Å². The molecule has 11 heavy (non-hydrogen) atoms. The van der Waals surface area contributed by atoms with Crippen molar-refractivity contribution in [3.8, 4) is 0 Å². The number of carbonyl (C=O) groups is 1. The largest absolute Gasteiger partial charge is 0.375 e. The van der Waals surface area contributed by atoms with Crippen LogP contribution in [0.2, 0.25) is 0 Å². The molecule has 2 rings (SSSR count). The van der Waals surface area contributed by atoms with E-state index in [1.807, 2.05) is 0 Å². The van der Waals surface area contributed by atoms with Crippen LogP contribution in [-0.2, 0) is 9.53 Å². The van der Waals surface area contributed by atoms with E-state index in [-0.39, 0.29) is 11.0 Å². The van der Waals surface area contributed by atoms with E-state index in [0.29, 0.717) is 5.78 Å². The molecule has 1 saturated heterocycles. The third-order valence-corrected chi connectivity index (χ3v) is 2.71. The van der Waals surface area contributed by atoms with Crippen molar-refractivity contribution in [2.45, 2.75) is 38.7 Å². The van der Waals surface area contributed by atoms with Gasteiger partial charge in [0.2, 0.25) is 0 Å². The number of hydrogen-bond acceptors (Lipinski definition) is 2. The minimum atomic E-state index is 0.0146. The van der Waals surface area contributed by atoms with Crippen LogP contribution in [0.25, 0.3) is 0 Å². The van der Waals surface area contributed by atoms with E-state index >= 15 is 0 Å². The monoisotopic (exact) mass is 154 g/mol. The average Bonchev–Trinajstić information content (AvgIpc) is 2.05. The summed E-state index contributed by atoms with van der Waals surface area (Å²) in [5, 5.41) is 0. The van der Waals surface area contributed by atoms with Crippen LogP contribution < -0.4 is 0 Å². The number of hydrogen-bond donors (Lipinski definition) is 0. The van der Waals surface area contributed by atoms with Gasteiger partial charge in [0, 0.05) is 18.3 Å². The normalized spacial score (nSPS) is 32.4. The Balaban J connectivity index is 2.05. The van der Waals surface area contributed by atoms with E-state index in [1.165, 1.54) is 0 Å². The molecule has 0 amide bonds. The maximum absolute atomic E-state index is 10.8. The molecule has 0 aromatic heterocycles. The lowest BCUT2D eigenvalue weighted by atomic mass is 9.65. The van der Waals surface area contributed by atoms with Gasteiger partial charge in [-0.3, -0.25) is 4.79 Å². The van der Waals surface area contributed by atoms with Crippen molar-refractivity contribution in [3.63, 3.8) is 0 Å². The van der Waals surface area contributed by atoms with Gasteiger partial charge in [0.25, 0.3) is 0 Å². The second-order valence-electron chi connectivity index (χ2n) is 4.62. The molecular weight excluding hydrogens is 140 g/mol. The molecule has 0 bridgehead atoms. The number of carbonyl (C=O) groups excluding carboxylic acids is 1. The predicted octanol–water partition coefficient (Wildman–Crippen LogP) is 1.53. The smallest absolute Gasteiger partial charge is 0.134 e. The number of ether oxygens (including phenoxy) is 1. The molecule has 2 fully saturated rings. The Morgan fingerprint density at radius 2 is 2.00 bits per heavy atom. The molecule has 2 aliphatic rings. The molecule has 0 aromatic carbocycles. The molecule has 1 heterocycles. The van der Waals surface area contributed by atoms with E-state index in [2.05, 4.69) is 13.8 Å². The van der Waals surface area contributed by atoms with Crippen LogP contribution in [0.15, 0.2) is 0 Å². The Morgan fingerprint density at radius 3 is 2.36 bits per heavy atom. The molecule has 2 heteroatoms. The summed E-state index contributed by atoms with van der Waals surface area (Å²) in [6.45, 7) is 5.00. The molecule has 0 atom stereocenters. The summed E-state index contributed by atoms with van der Waals surface area (Å²) in [6.07, 6.45) is 2.58. The molecule has 0 aromatic rings. The van der Waals surface area contributed by atoms with Crippen molar-refractivity contribution in [3.05, 3.63) is 0 Å². The van der Waals surface area contributed by atoms with Crippen molar-refractivity contribution < 1.29 is 9.53 Å². The number of rotatable bonds is 0. The highest BCUT2D eigenvalue weighted by Gasteiger charge is 2.51. The first-order chi connectivity index (χ1) is 5.02. The zero-order valence-electron chi connectivity index (χ0n) is 7.14. The van der Waals surface area contributed by atoms with Gasteiger partial charge >= 0.3 is 0 Å². The Hall–Kier alpha value is -0.370. The minimum Gasteiger partial charge on any atom is -0.375 e. The summed E-state index contributed by atoms with van der Waals surface area (Å²) in [6, 6.07) is 0. The SMILES string of the molecule is CC1(C)CC2(CO1)CC(=O)C2. The molecule has 0 unspecified atom stereocenters. The zero-order valence-corrected chi connectivity index (χ0v) is 7.14.